The van der Waals surface area contributed by atoms with E-state index in [-0.39, 0.29) is 5.56 Å². The first-order valence-corrected chi connectivity index (χ1v) is 11.2. The molecule has 0 saturated heterocycles. The quantitative estimate of drug-likeness (QED) is 0.336. The molecule has 2 aromatic rings. The summed E-state index contributed by atoms with van der Waals surface area (Å²) in [6.45, 7) is -0.989. The van der Waals surface area contributed by atoms with Gasteiger partial charge in [-0.3, -0.25) is 0 Å². The highest BCUT2D eigenvalue weighted by atomic mass is 19.3. The molecule has 1 saturated carbocycles. The van der Waals surface area contributed by atoms with Crippen molar-refractivity contribution in [3.8, 4) is 11.5 Å². The van der Waals surface area contributed by atoms with Crippen LogP contribution in [0.5, 0.6) is 11.5 Å². The van der Waals surface area contributed by atoms with Crippen LogP contribution in [0.2, 0.25) is 0 Å². The summed E-state index contributed by atoms with van der Waals surface area (Å²) in [4.78, 5) is 0. The van der Waals surface area contributed by atoms with Gasteiger partial charge < -0.3 is 9.47 Å². The van der Waals surface area contributed by atoms with Crippen molar-refractivity contribution in [1.82, 2.24) is 0 Å². The van der Waals surface area contributed by atoms with Gasteiger partial charge in [0.25, 0.3) is 0 Å². The minimum absolute atomic E-state index is 0.366. The summed E-state index contributed by atoms with van der Waals surface area (Å²) in [5, 5.41) is 0. The Labute approximate surface area is 185 Å². The standard InChI is InChI=1S/C25H29F5O2/c1-2-3-17-4-6-18(7-5-17)8-9-19-10-12-20(13-11-19)25(29,30)32-21-14-15-23(22(26)16-21)31-24(27)28/h10-18,24H,2-9H2,1H3. The van der Waals surface area contributed by atoms with Crippen molar-refractivity contribution in [2.24, 2.45) is 11.8 Å². The third kappa shape index (κ3) is 6.84. The van der Waals surface area contributed by atoms with Crippen LogP contribution in [0.3, 0.4) is 0 Å². The SMILES string of the molecule is CCCC1CCC(CCc2ccc(C(F)(F)Oc3ccc(OC(F)F)c(F)c3)cc2)CC1. The molecule has 0 unspecified atom stereocenters. The number of alkyl halides is 4. The van der Waals surface area contributed by atoms with Crippen molar-refractivity contribution < 1.29 is 31.4 Å². The fourth-order valence-corrected chi connectivity index (χ4v) is 4.40. The van der Waals surface area contributed by atoms with E-state index in [4.69, 9.17) is 0 Å². The Morgan fingerprint density at radius 3 is 2.12 bits per heavy atom. The molecule has 1 aliphatic rings. The van der Waals surface area contributed by atoms with Gasteiger partial charge in [0, 0.05) is 6.07 Å². The number of hydrogen-bond donors (Lipinski definition) is 0. The molecule has 0 amide bonds. The van der Waals surface area contributed by atoms with Gasteiger partial charge >= 0.3 is 12.7 Å². The fraction of sp³-hybridized carbons (Fsp3) is 0.520. The monoisotopic (exact) mass is 456 g/mol. The third-order valence-corrected chi connectivity index (χ3v) is 6.16. The molecule has 2 aromatic carbocycles. The normalized spacial score (nSPS) is 19.2. The van der Waals surface area contributed by atoms with Crippen molar-refractivity contribution in [1.29, 1.82) is 0 Å². The van der Waals surface area contributed by atoms with Gasteiger partial charge in [0.05, 0.1) is 5.56 Å². The highest BCUT2D eigenvalue weighted by Crippen LogP contribution is 2.35. The van der Waals surface area contributed by atoms with Crippen LogP contribution in [0.25, 0.3) is 0 Å². The van der Waals surface area contributed by atoms with Crippen LogP contribution in [0.4, 0.5) is 22.0 Å². The van der Waals surface area contributed by atoms with Crippen LogP contribution in [0.1, 0.15) is 63.0 Å². The number of rotatable bonds is 10. The first kappa shape index (κ1) is 24.3. The summed E-state index contributed by atoms with van der Waals surface area (Å²) >= 11 is 0. The lowest BCUT2D eigenvalue weighted by atomic mass is 9.78. The van der Waals surface area contributed by atoms with Gasteiger partial charge in [0.2, 0.25) is 0 Å². The average molecular weight is 456 g/mol. The molecule has 0 bridgehead atoms. The molecule has 2 nitrogen and oxygen atoms in total. The fourth-order valence-electron chi connectivity index (χ4n) is 4.40. The lowest BCUT2D eigenvalue weighted by molar-refractivity contribution is -0.185. The zero-order valence-electron chi connectivity index (χ0n) is 18.1. The molecule has 0 N–H and O–H groups in total. The van der Waals surface area contributed by atoms with E-state index in [0.29, 0.717) is 12.0 Å². The second-order valence-electron chi connectivity index (χ2n) is 8.50. The van der Waals surface area contributed by atoms with E-state index >= 15 is 0 Å². The smallest absolute Gasteiger partial charge is 0.426 e. The van der Waals surface area contributed by atoms with Gasteiger partial charge in [-0.15, -0.1) is 0 Å². The van der Waals surface area contributed by atoms with Crippen molar-refractivity contribution in [3.63, 3.8) is 0 Å². The highest BCUT2D eigenvalue weighted by molar-refractivity contribution is 5.34. The molecule has 0 radical (unpaired) electrons. The molecule has 32 heavy (non-hydrogen) atoms. The zero-order chi connectivity index (χ0) is 23.1. The third-order valence-electron chi connectivity index (χ3n) is 6.16. The maximum absolute atomic E-state index is 14.5. The molecule has 1 aliphatic carbocycles. The molecule has 1 fully saturated rings. The largest absolute Gasteiger partial charge is 0.432 e. The summed E-state index contributed by atoms with van der Waals surface area (Å²) < 4.78 is 75.7. The molecule has 0 aliphatic heterocycles. The van der Waals surface area contributed by atoms with Gasteiger partial charge in [-0.05, 0) is 54.5 Å². The zero-order valence-corrected chi connectivity index (χ0v) is 18.1. The van der Waals surface area contributed by atoms with Crippen molar-refractivity contribution >= 4 is 0 Å². The second-order valence-corrected chi connectivity index (χ2v) is 8.50. The first-order valence-electron chi connectivity index (χ1n) is 11.2. The van der Waals surface area contributed by atoms with E-state index in [1.54, 1.807) is 12.1 Å². The topological polar surface area (TPSA) is 18.5 Å². The Balaban J connectivity index is 1.53. The lowest BCUT2D eigenvalue weighted by Gasteiger charge is -2.28. The first-order chi connectivity index (χ1) is 15.3. The second kappa shape index (κ2) is 11.0. The Bertz CT molecular complexity index is 846. The minimum atomic E-state index is -3.70. The summed E-state index contributed by atoms with van der Waals surface area (Å²) in [6.07, 6.45) is 5.80. The Kier molecular flexibility index (Phi) is 8.38. The van der Waals surface area contributed by atoms with E-state index in [1.807, 2.05) is 0 Å². The summed E-state index contributed by atoms with van der Waals surface area (Å²) in [6, 6.07) is 8.31. The van der Waals surface area contributed by atoms with E-state index in [1.165, 1.54) is 50.7 Å². The van der Waals surface area contributed by atoms with E-state index in [9.17, 15) is 22.0 Å². The minimum Gasteiger partial charge on any atom is -0.432 e. The Morgan fingerprint density at radius 1 is 0.938 bits per heavy atom. The van der Waals surface area contributed by atoms with Crippen LogP contribution in [-0.2, 0) is 12.5 Å². The van der Waals surface area contributed by atoms with Crippen LogP contribution < -0.4 is 9.47 Å². The van der Waals surface area contributed by atoms with Gasteiger partial charge in [-0.1, -0.05) is 57.6 Å². The van der Waals surface area contributed by atoms with Gasteiger partial charge in [0.1, 0.15) is 5.75 Å². The molecule has 0 aromatic heterocycles. The van der Waals surface area contributed by atoms with E-state index in [2.05, 4.69) is 16.4 Å². The average Bonchev–Trinajstić information content (AvgIpc) is 2.75. The molecule has 7 heteroatoms. The maximum Gasteiger partial charge on any atom is 0.426 e. The molecule has 3 rings (SSSR count). The Hall–Kier alpha value is -2.31. The molecular formula is C25H29F5O2. The van der Waals surface area contributed by atoms with Crippen LogP contribution in [-0.4, -0.2) is 6.61 Å². The predicted molar refractivity (Wildman–Crippen MR) is 113 cm³/mol. The molecule has 0 heterocycles. The van der Waals surface area contributed by atoms with Gasteiger partial charge in [0.15, 0.2) is 11.6 Å². The molecular weight excluding hydrogens is 427 g/mol. The molecule has 0 atom stereocenters. The number of ether oxygens (including phenoxy) is 2. The van der Waals surface area contributed by atoms with Crippen molar-refractivity contribution in [2.45, 2.75) is 71.0 Å². The number of aryl methyl sites for hydroxylation is 1. The maximum atomic E-state index is 14.5. The van der Waals surface area contributed by atoms with Gasteiger partial charge in [-0.25, -0.2) is 4.39 Å². The number of halogens is 5. The molecule has 0 spiro atoms. The summed E-state index contributed by atoms with van der Waals surface area (Å²) in [5.74, 6) is -0.882. The number of benzene rings is 2. The van der Waals surface area contributed by atoms with E-state index < -0.39 is 30.0 Å². The number of hydrogen-bond acceptors (Lipinski definition) is 2. The highest BCUT2D eigenvalue weighted by Gasteiger charge is 2.34. The summed E-state index contributed by atoms with van der Waals surface area (Å²) in [5.41, 5.74) is 0.620. The lowest BCUT2D eigenvalue weighted by Crippen LogP contribution is -2.22. The van der Waals surface area contributed by atoms with Gasteiger partial charge in [-0.2, -0.15) is 17.6 Å². The predicted octanol–water partition coefficient (Wildman–Crippen LogP) is 8.09. The molecule has 176 valence electrons. The van der Waals surface area contributed by atoms with Crippen LogP contribution in [0, 0.1) is 17.7 Å². The van der Waals surface area contributed by atoms with Crippen molar-refractivity contribution in [3.05, 3.63) is 59.4 Å². The van der Waals surface area contributed by atoms with Crippen molar-refractivity contribution in [2.75, 3.05) is 0 Å². The van der Waals surface area contributed by atoms with Crippen LogP contribution >= 0.6 is 0 Å². The Morgan fingerprint density at radius 2 is 1.56 bits per heavy atom. The summed E-state index contributed by atoms with van der Waals surface area (Å²) in [7, 11) is 0. The van der Waals surface area contributed by atoms with Crippen LogP contribution in [0.15, 0.2) is 42.5 Å². The van der Waals surface area contributed by atoms with E-state index in [0.717, 1.165) is 36.5 Å².